The number of carbonyl (C=O) groups excluding carboxylic acids is 1. The van der Waals surface area contributed by atoms with Gasteiger partial charge in [-0.05, 0) is 37.5 Å². The maximum Gasteiger partial charge on any atom is 0.277 e. The van der Waals surface area contributed by atoms with Crippen LogP contribution in [0.15, 0.2) is 27.8 Å². The Kier molecular flexibility index (Phi) is 7.14. The summed E-state index contributed by atoms with van der Waals surface area (Å²) in [6.45, 7) is 4.00. The van der Waals surface area contributed by atoms with E-state index in [-0.39, 0.29) is 17.7 Å². The highest BCUT2D eigenvalue weighted by molar-refractivity contribution is 7.99. The van der Waals surface area contributed by atoms with Crippen LogP contribution in [-0.4, -0.2) is 33.9 Å². The van der Waals surface area contributed by atoms with Crippen LogP contribution in [-0.2, 0) is 4.79 Å². The topological polar surface area (TPSA) is 95.7 Å². The summed E-state index contributed by atoms with van der Waals surface area (Å²) in [5.41, 5.74) is 7.07. The number of aromatic nitrogens is 2. The molecule has 6 nitrogen and oxygen atoms in total. The van der Waals surface area contributed by atoms with Crippen LogP contribution in [0.2, 0.25) is 0 Å². The van der Waals surface area contributed by atoms with E-state index in [2.05, 4.69) is 27.5 Å². The lowest BCUT2D eigenvalue weighted by Crippen LogP contribution is -2.53. The third kappa shape index (κ3) is 5.54. The van der Waals surface area contributed by atoms with Gasteiger partial charge in [-0.2, -0.15) is 11.8 Å². The molecule has 1 aromatic carbocycles. The van der Waals surface area contributed by atoms with Gasteiger partial charge in [-0.15, -0.1) is 10.2 Å². The van der Waals surface area contributed by atoms with Crippen molar-refractivity contribution >= 4 is 35.1 Å². The van der Waals surface area contributed by atoms with Gasteiger partial charge >= 0.3 is 0 Å². The number of anilines is 1. The van der Waals surface area contributed by atoms with Crippen molar-refractivity contribution in [3.63, 3.8) is 0 Å². The first-order valence-corrected chi connectivity index (χ1v) is 10.0. The zero-order chi connectivity index (χ0) is 17.5. The minimum atomic E-state index is -0.0970. The molecule has 24 heavy (non-hydrogen) atoms. The lowest BCUT2D eigenvalue weighted by molar-refractivity contribution is -0.432. The smallest absolute Gasteiger partial charge is 0.277 e. The minimum absolute atomic E-state index is 0.0108. The van der Waals surface area contributed by atoms with Gasteiger partial charge < -0.3 is 15.5 Å². The van der Waals surface area contributed by atoms with Crippen molar-refractivity contribution in [1.29, 1.82) is 0 Å². The van der Waals surface area contributed by atoms with E-state index >= 15 is 0 Å². The first-order chi connectivity index (χ1) is 11.5. The molecule has 0 spiro atoms. The van der Waals surface area contributed by atoms with Crippen molar-refractivity contribution < 1.29 is 14.9 Å². The average molecular weight is 368 g/mol. The van der Waals surface area contributed by atoms with Crippen LogP contribution < -0.4 is 11.1 Å². The van der Waals surface area contributed by atoms with Crippen LogP contribution in [0.25, 0.3) is 0 Å². The molecule has 0 unspecified atom stereocenters. The van der Waals surface area contributed by atoms with E-state index < -0.39 is 0 Å². The van der Waals surface area contributed by atoms with Crippen molar-refractivity contribution in [1.82, 2.24) is 10.2 Å². The molecule has 1 atom stereocenters. The van der Waals surface area contributed by atoms with Crippen LogP contribution >= 0.6 is 23.5 Å². The zero-order valence-electron chi connectivity index (χ0n) is 14.2. The summed E-state index contributed by atoms with van der Waals surface area (Å²) in [5, 5.41) is 11.3. The summed E-state index contributed by atoms with van der Waals surface area (Å²) in [5.74, 6) is 1.65. The fourth-order valence-corrected chi connectivity index (χ4v) is 3.18. The molecule has 4 N–H and O–H groups in total. The van der Waals surface area contributed by atoms with Gasteiger partial charge in [0.15, 0.2) is 6.04 Å². The molecular formula is C16H23N4O2S2+. The molecule has 0 aliphatic carbocycles. The molecule has 0 aliphatic rings. The highest BCUT2D eigenvalue weighted by Gasteiger charge is 2.18. The summed E-state index contributed by atoms with van der Waals surface area (Å²) in [6, 6.07) is 5.92. The van der Waals surface area contributed by atoms with Crippen molar-refractivity contribution in [3.05, 3.63) is 35.2 Å². The van der Waals surface area contributed by atoms with E-state index in [0.29, 0.717) is 11.1 Å². The number of thioether (sulfide) groups is 2. The molecule has 0 aliphatic heterocycles. The van der Waals surface area contributed by atoms with E-state index in [4.69, 9.17) is 4.42 Å². The Balaban J connectivity index is 1.84. The van der Waals surface area contributed by atoms with E-state index in [9.17, 15) is 4.79 Å². The van der Waals surface area contributed by atoms with Gasteiger partial charge in [-0.3, -0.25) is 4.79 Å². The number of hydrogen-bond donors (Lipinski definition) is 2. The summed E-state index contributed by atoms with van der Waals surface area (Å²) < 4.78 is 5.57. The lowest BCUT2D eigenvalue weighted by atomic mass is 10.1. The molecular weight excluding hydrogens is 344 g/mol. The van der Waals surface area contributed by atoms with Gasteiger partial charge in [0.1, 0.15) is 0 Å². The summed E-state index contributed by atoms with van der Waals surface area (Å²) in [4.78, 5) is 12.1. The number of benzene rings is 1. The number of rotatable bonds is 8. The Morgan fingerprint density at radius 1 is 1.38 bits per heavy atom. The van der Waals surface area contributed by atoms with Crippen LogP contribution in [0.5, 0.6) is 0 Å². The van der Waals surface area contributed by atoms with Crippen LogP contribution in [0.3, 0.4) is 0 Å². The second-order valence-corrected chi connectivity index (χ2v) is 7.45. The number of hydrogen-bond acceptors (Lipinski definition) is 6. The third-order valence-corrected chi connectivity index (χ3v) is 4.89. The summed E-state index contributed by atoms with van der Waals surface area (Å²) in [6.07, 6.45) is 2.94. The molecule has 0 saturated carbocycles. The lowest BCUT2D eigenvalue weighted by Gasteiger charge is -2.08. The quantitative estimate of drug-likeness (QED) is 0.696. The predicted octanol–water partition coefficient (Wildman–Crippen LogP) is 2.45. The SMILES string of the molecule is CSCC[C@H]([NH3+])c1nnc(SCC(=O)Nc2ccc(C)cc2C)o1. The van der Waals surface area contributed by atoms with Gasteiger partial charge in [-0.1, -0.05) is 29.5 Å². The summed E-state index contributed by atoms with van der Waals surface area (Å²) in [7, 11) is 0. The Morgan fingerprint density at radius 2 is 2.17 bits per heavy atom. The Bertz CT molecular complexity index is 690. The molecule has 1 aromatic heterocycles. The molecule has 0 radical (unpaired) electrons. The standard InChI is InChI=1S/C16H22N4O2S2/c1-10-4-5-13(11(2)8-10)18-14(21)9-24-16-20-19-15(22-16)12(17)6-7-23-3/h4-5,8,12H,6-7,9,17H2,1-3H3,(H,18,21)/p+1/t12-/m0/s1. The van der Waals surface area contributed by atoms with E-state index in [1.54, 1.807) is 11.8 Å². The Morgan fingerprint density at radius 3 is 2.88 bits per heavy atom. The normalized spacial score (nSPS) is 12.2. The fourth-order valence-electron chi connectivity index (χ4n) is 2.09. The molecule has 2 rings (SSSR count). The van der Waals surface area contributed by atoms with Crippen molar-refractivity contribution in [2.24, 2.45) is 0 Å². The molecule has 1 heterocycles. The molecule has 130 valence electrons. The van der Waals surface area contributed by atoms with Crippen molar-refractivity contribution in [3.8, 4) is 0 Å². The zero-order valence-corrected chi connectivity index (χ0v) is 15.8. The molecule has 8 heteroatoms. The third-order valence-electron chi connectivity index (χ3n) is 3.42. The molecule has 0 bridgehead atoms. The number of amides is 1. The van der Waals surface area contributed by atoms with Gasteiger partial charge in [0.2, 0.25) is 5.91 Å². The second-order valence-electron chi connectivity index (χ2n) is 5.54. The molecule has 0 saturated heterocycles. The largest absolute Gasteiger partial charge is 0.410 e. The highest BCUT2D eigenvalue weighted by Crippen LogP contribution is 2.21. The average Bonchev–Trinajstić information content (AvgIpc) is 3.02. The molecule has 2 aromatic rings. The minimum Gasteiger partial charge on any atom is -0.410 e. The first kappa shape index (κ1) is 18.8. The van der Waals surface area contributed by atoms with E-state index in [1.807, 2.05) is 32.0 Å². The number of nitrogens with zero attached hydrogens (tertiary/aromatic N) is 2. The Hall–Kier alpha value is -1.51. The maximum atomic E-state index is 12.1. The van der Waals surface area contributed by atoms with Crippen molar-refractivity contribution in [2.75, 3.05) is 23.1 Å². The monoisotopic (exact) mass is 367 g/mol. The first-order valence-electron chi connectivity index (χ1n) is 7.65. The van der Waals surface area contributed by atoms with Crippen LogP contribution in [0.1, 0.15) is 29.5 Å². The van der Waals surface area contributed by atoms with Gasteiger partial charge in [0, 0.05) is 12.1 Å². The van der Waals surface area contributed by atoms with Crippen LogP contribution in [0.4, 0.5) is 5.69 Å². The van der Waals surface area contributed by atoms with Crippen molar-refractivity contribution in [2.45, 2.75) is 31.5 Å². The number of quaternary nitrogens is 1. The van der Waals surface area contributed by atoms with Gasteiger partial charge in [0.05, 0.1) is 5.75 Å². The van der Waals surface area contributed by atoms with Crippen LogP contribution in [0, 0.1) is 13.8 Å². The van der Waals surface area contributed by atoms with Gasteiger partial charge in [-0.25, -0.2) is 0 Å². The summed E-state index contributed by atoms with van der Waals surface area (Å²) >= 11 is 2.99. The van der Waals surface area contributed by atoms with E-state index in [1.165, 1.54) is 17.3 Å². The predicted molar refractivity (Wildman–Crippen MR) is 98.2 cm³/mol. The molecule has 0 fully saturated rings. The Labute approximate surface area is 150 Å². The number of nitrogens with one attached hydrogen (secondary N) is 1. The highest BCUT2D eigenvalue weighted by atomic mass is 32.2. The number of carbonyl (C=O) groups is 1. The maximum absolute atomic E-state index is 12.1. The molecule has 1 amide bonds. The second kappa shape index (κ2) is 9.10. The fraction of sp³-hybridized carbons (Fsp3) is 0.438. The number of aryl methyl sites for hydroxylation is 2. The van der Waals surface area contributed by atoms with Gasteiger partial charge in [0.25, 0.3) is 11.1 Å². The van der Waals surface area contributed by atoms with E-state index in [0.717, 1.165) is 23.4 Å².